The fourth-order valence-electron chi connectivity index (χ4n) is 2.16. The van der Waals surface area contributed by atoms with Gasteiger partial charge in [-0.25, -0.2) is 14.8 Å². The summed E-state index contributed by atoms with van der Waals surface area (Å²) in [7, 11) is 1.48. The molecule has 23 heavy (non-hydrogen) atoms. The quantitative estimate of drug-likeness (QED) is 0.829. The molecule has 2 heterocycles. The summed E-state index contributed by atoms with van der Waals surface area (Å²) in [5.74, 6) is 0.670. The number of nitrogens with zero attached hydrogens (tertiary/aromatic N) is 2. The molecule has 2 aromatic rings. The molecule has 0 fully saturated rings. The summed E-state index contributed by atoms with van der Waals surface area (Å²) in [4.78, 5) is 19.3. The Morgan fingerprint density at radius 1 is 1.39 bits per heavy atom. The molecular weight excluding hydrogens is 302 g/mol. The van der Waals surface area contributed by atoms with Crippen molar-refractivity contribution in [3.05, 3.63) is 41.2 Å². The van der Waals surface area contributed by atoms with Gasteiger partial charge in [-0.3, -0.25) is 0 Å². The van der Waals surface area contributed by atoms with Crippen LogP contribution in [0.3, 0.4) is 0 Å². The number of anilines is 1. The number of ether oxygens (including phenoxy) is 3. The summed E-state index contributed by atoms with van der Waals surface area (Å²) in [6, 6.07) is 5.61. The zero-order valence-electron chi connectivity index (χ0n) is 12.4. The number of benzene rings is 1. The minimum atomic E-state index is -1.08. The van der Waals surface area contributed by atoms with Crippen LogP contribution < -0.4 is 14.8 Å². The predicted molar refractivity (Wildman–Crippen MR) is 79.6 cm³/mol. The third kappa shape index (κ3) is 3.32. The molecular formula is C15H15N3O5. The molecule has 0 atom stereocenters. The Morgan fingerprint density at radius 3 is 3.00 bits per heavy atom. The molecule has 0 amide bonds. The molecule has 0 radical (unpaired) electrons. The number of aromatic carboxylic acids is 1. The topological polar surface area (TPSA) is 103 Å². The lowest BCUT2D eigenvalue weighted by Crippen LogP contribution is -2.11. The molecule has 8 nitrogen and oxygen atoms in total. The smallest absolute Gasteiger partial charge is 0.339 e. The monoisotopic (exact) mass is 317 g/mol. The fourth-order valence-corrected chi connectivity index (χ4v) is 2.16. The van der Waals surface area contributed by atoms with Crippen LogP contribution in [0.15, 0.2) is 24.4 Å². The molecule has 0 bridgehead atoms. The molecule has 1 aliphatic heterocycles. The van der Waals surface area contributed by atoms with Gasteiger partial charge in [0.05, 0.1) is 12.3 Å². The third-order valence-electron chi connectivity index (χ3n) is 3.27. The average molecular weight is 317 g/mol. The molecule has 1 aromatic heterocycles. The van der Waals surface area contributed by atoms with Crippen molar-refractivity contribution in [3.63, 3.8) is 0 Å². The van der Waals surface area contributed by atoms with E-state index in [0.29, 0.717) is 23.9 Å². The maximum absolute atomic E-state index is 11.1. The Morgan fingerprint density at radius 2 is 2.22 bits per heavy atom. The lowest BCUT2D eigenvalue weighted by atomic mass is 10.2. The van der Waals surface area contributed by atoms with Crippen molar-refractivity contribution >= 4 is 11.9 Å². The Balaban J connectivity index is 1.72. The van der Waals surface area contributed by atoms with Crippen LogP contribution in [0.2, 0.25) is 0 Å². The van der Waals surface area contributed by atoms with Crippen molar-refractivity contribution in [1.82, 2.24) is 9.97 Å². The summed E-state index contributed by atoms with van der Waals surface area (Å²) in [5.41, 5.74) is 1.32. The van der Waals surface area contributed by atoms with Crippen molar-refractivity contribution in [2.45, 2.75) is 13.2 Å². The summed E-state index contributed by atoms with van der Waals surface area (Å²) in [6.45, 7) is 0.796. The largest absolute Gasteiger partial charge is 0.478 e. The van der Waals surface area contributed by atoms with E-state index in [1.54, 1.807) is 0 Å². The molecule has 1 aliphatic rings. The minimum absolute atomic E-state index is 0.0282. The zero-order chi connectivity index (χ0) is 16.2. The number of rotatable bonds is 6. The van der Waals surface area contributed by atoms with Crippen molar-refractivity contribution in [2.75, 3.05) is 19.2 Å². The van der Waals surface area contributed by atoms with Crippen LogP contribution in [0.4, 0.5) is 5.95 Å². The van der Waals surface area contributed by atoms with Gasteiger partial charge in [0.1, 0.15) is 5.56 Å². The van der Waals surface area contributed by atoms with E-state index in [9.17, 15) is 4.79 Å². The Bertz CT molecular complexity index is 735. The van der Waals surface area contributed by atoms with E-state index in [1.165, 1.54) is 13.3 Å². The second kappa shape index (κ2) is 6.49. The van der Waals surface area contributed by atoms with Crippen LogP contribution in [0, 0.1) is 0 Å². The second-order valence-corrected chi connectivity index (χ2v) is 4.83. The van der Waals surface area contributed by atoms with Crippen molar-refractivity contribution in [3.8, 4) is 11.5 Å². The normalized spacial score (nSPS) is 12.2. The first kappa shape index (κ1) is 15.0. The molecule has 0 spiro atoms. The van der Waals surface area contributed by atoms with Crippen LogP contribution in [0.25, 0.3) is 0 Å². The molecule has 1 aromatic carbocycles. The number of hydrogen-bond donors (Lipinski definition) is 2. The maximum Gasteiger partial charge on any atom is 0.339 e. The van der Waals surface area contributed by atoms with Gasteiger partial charge < -0.3 is 24.6 Å². The highest BCUT2D eigenvalue weighted by Gasteiger charge is 2.15. The Hall–Kier alpha value is -2.87. The lowest BCUT2D eigenvalue weighted by molar-refractivity contribution is 0.0690. The third-order valence-corrected chi connectivity index (χ3v) is 3.27. The van der Waals surface area contributed by atoms with Crippen LogP contribution in [-0.2, 0) is 17.9 Å². The fraction of sp³-hybridized carbons (Fsp3) is 0.267. The van der Waals surface area contributed by atoms with Crippen molar-refractivity contribution in [2.24, 2.45) is 0 Å². The zero-order valence-corrected chi connectivity index (χ0v) is 12.4. The highest BCUT2D eigenvalue weighted by Crippen LogP contribution is 2.32. The van der Waals surface area contributed by atoms with Gasteiger partial charge in [-0.15, -0.1) is 0 Å². The highest BCUT2D eigenvalue weighted by atomic mass is 16.7. The number of carbonyl (C=O) groups is 1. The highest BCUT2D eigenvalue weighted by molar-refractivity contribution is 5.88. The first-order chi connectivity index (χ1) is 11.2. The van der Waals surface area contributed by atoms with E-state index in [1.807, 2.05) is 18.2 Å². The molecule has 0 saturated carbocycles. The molecule has 120 valence electrons. The van der Waals surface area contributed by atoms with Gasteiger partial charge in [-0.05, 0) is 17.7 Å². The van der Waals surface area contributed by atoms with E-state index in [4.69, 9.17) is 19.3 Å². The molecule has 0 aliphatic carbocycles. The van der Waals surface area contributed by atoms with Crippen LogP contribution >= 0.6 is 0 Å². The summed E-state index contributed by atoms with van der Waals surface area (Å²) in [5, 5.41) is 12.1. The van der Waals surface area contributed by atoms with E-state index < -0.39 is 5.97 Å². The van der Waals surface area contributed by atoms with E-state index >= 15 is 0 Å². The number of carboxylic acids is 1. The predicted octanol–water partition coefficient (Wildman–Crippen LogP) is 1.66. The van der Waals surface area contributed by atoms with Crippen LogP contribution in [0.1, 0.15) is 21.6 Å². The van der Waals surface area contributed by atoms with Gasteiger partial charge in [-0.1, -0.05) is 6.07 Å². The second-order valence-electron chi connectivity index (χ2n) is 4.83. The number of fused-ring (bicyclic) bond motifs is 1. The first-order valence-corrected chi connectivity index (χ1v) is 6.88. The van der Waals surface area contributed by atoms with Crippen molar-refractivity contribution < 1.29 is 24.1 Å². The number of nitrogens with one attached hydrogen (secondary N) is 1. The summed E-state index contributed by atoms with van der Waals surface area (Å²) in [6.07, 6.45) is 1.27. The van der Waals surface area contributed by atoms with Crippen LogP contribution in [-0.4, -0.2) is 34.9 Å². The average Bonchev–Trinajstić information content (AvgIpc) is 3.01. The van der Waals surface area contributed by atoms with Gasteiger partial charge in [0.25, 0.3) is 0 Å². The minimum Gasteiger partial charge on any atom is -0.478 e. The van der Waals surface area contributed by atoms with E-state index in [0.717, 1.165) is 11.3 Å². The van der Waals surface area contributed by atoms with E-state index in [-0.39, 0.29) is 19.0 Å². The summed E-state index contributed by atoms with van der Waals surface area (Å²) >= 11 is 0. The Labute approximate surface area is 132 Å². The molecule has 0 saturated heterocycles. The maximum atomic E-state index is 11.1. The number of hydrogen-bond acceptors (Lipinski definition) is 7. The van der Waals surface area contributed by atoms with Gasteiger partial charge in [0, 0.05) is 19.9 Å². The number of carboxylic acid groups (broad SMARTS) is 1. The van der Waals surface area contributed by atoms with E-state index in [2.05, 4.69) is 15.3 Å². The van der Waals surface area contributed by atoms with Gasteiger partial charge in [-0.2, -0.15) is 0 Å². The standard InChI is InChI=1S/C15H15N3O5/c1-21-7-11-10(14(19)20)6-17-15(18-11)16-5-9-2-3-12-13(4-9)23-8-22-12/h2-4,6H,5,7-8H2,1H3,(H,19,20)(H,16,17,18). The van der Waals surface area contributed by atoms with Gasteiger partial charge in [0.2, 0.25) is 12.7 Å². The van der Waals surface area contributed by atoms with Crippen molar-refractivity contribution in [1.29, 1.82) is 0 Å². The van der Waals surface area contributed by atoms with Crippen LogP contribution in [0.5, 0.6) is 11.5 Å². The molecule has 3 rings (SSSR count). The Kier molecular flexibility index (Phi) is 4.24. The lowest BCUT2D eigenvalue weighted by Gasteiger charge is -2.09. The molecule has 0 unspecified atom stereocenters. The summed E-state index contributed by atoms with van der Waals surface area (Å²) < 4.78 is 15.6. The van der Waals surface area contributed by atoms with Gasteiger partial charge in [0.15, 0.2) is 11.5 Å². The SMILES string of the molecule is COCc1nc(NCc2ccc3c(c2)OCO3)ncc1C(=O)O. The number of aromatic nitrogens is 2. The molecule has 2 N–H and O–H groups in total. The number of methoxy groups -OCH3 is 1. The van der Waals surface area contributed by atoms with Gasteiger partial charge >= 0.3 is 5.97 Å². The first-order valence-electron chi connectivity index (χ1n) is 6.88. The molecule has 8 heteroatoms.